The molecule has 0 aliphatic heterocycles. The molecule has 2 aromatic carbocycles. The van der Waals surface area contributed by atoms with Gasteiger partial charge in [0.15, 0.2) is 0 Å². The van der Waals surface area contributed by atoms with E-state index in [4.69, 9.17) is 4.74 Å². The highest BCUT2D eigenvalue weighted by molar-refractivity contribution is 6.02. The van der Waals surface area contributed by atoms with Crippen LogP contribution >= 0.6 is 0 Å². The van der Waals surface area contributed by atoms with Crippen molar-refractivity contribution in [2.45, 2.75) is 13.3 Å². The minimum Gasteiger partial charge on any atom is -0.491 e. The van der Waals surface area contributed by atoms with Gasteiger partial charge in [0.2, 0.25) is 5.91 Å². The minimum atomic E-state index is -0.174. The number of anilines is 1. The summed E-state index contributed by atoms with van der Waals surface area (Å²) in [4.78, 5) is 14.3. The van der Waals surface area contributed by atoms with E-state index >= 15 is 0 Å². The summed E-state index contributed by atoms with van der Waals surface area (Å²) >= 11 is 0. The average Bonchev–Trinajstić information content (AvgIpc) is 2.59. The molecule has 1 N–H and O–H groups in total. The first-order valence-corrected chi connectivity index (χ1v) is 8.47. The Balaban J connectivity index is 1.98. The number of nitrogens with one attached hydrogen (secondary N) is 1. The summed E-state index contributed by atoms with van der Waals surface area (Å²) in [6.45, 7) is 3.57. The molecular weight excluding hydrogens is 312 g/mol. The number of hydrogen-bond acceptors (Lipinski definition) is 3. The van der Waals surface area contributed by atoms with E-state index in [1.165, 1.54) is 6.08 Å². The van der Waals surface area contributed by atoms with Gasteiger partial charge in [-0.15, -0.1) is 0 Å². The maximum atomic E-state index is 12.2. The van der Waals surface area contributed by atoms with E-state index in [0.717, 1.165) is 24.1 Å². The zero-order valence-electron chi connectivity index (χ0n) is 15.2. The Bertz CT molecular complexity index is 709. The van der Waals surface area contributed by atoms with Crippen LogP contribution in [0.15, 0.2) is 54.6 Å². The van der Waals surface area contributed by atoms with Crippen LogP contribution in [0.1, 0.15) is 17.5 Å². The van der Waals surface area contributed by atoms with Crippen LogP contribution in [0.3, 0.4) is 0 Å². The Hall–Kier alpha value is -2.59. The number of carbonyl (C=O) groups excluding carboxylic acids is 1. The third-order valence-electron chi connectivity index (χ3n) is 3.63. The molecule has 0 spiro atoms. The highest BCUT2D eigenvalue weighted by atomic mass is 16.5. The Morgan fingerprint density at radius 3 is 2.64 bits per heavy atom. The molecule has 0 atom stereocenters. The maximum Gasteiger partial charge on any atom is 0.248 e. The fourth-order valence-electron chi connectivity index (χ4n) is 2.34. The van der Waals surface area contributed by atoms with E-state index in [9.17, 15) is 4.79 Å². The van der Waals surface area contributed by atoms with E-state index in [2.05, 4.69) is 10.2 Å². The highest BCUT2D eigenvalue weighted by Crippen LogP contribution is 2.26. The third-order valence-corrected chi connectivity index (χ3v) is 3.63. The van der Waals surface area contributed by atoms with Crippen LogP contribution in [0.2, 0.25) is 0 Å². The van der Waals surface area contributed by atoms with Crippen LogP contribution in [0, 0.1) is 6.92 Å². The number of carbonyl (C=O) groups is 1. The molecule has 0 saturated heterocycles. The van der Waals surface area contributed by atoms with Crippen LogP contribution in [-0.2, 0) is 4.79 Å². The predicted molar refractivity (Wildman–Crippen MR) is 104 cm³/mol. The SMILES string of the molecule is Cc1ccc(OCCCN(C)C)c(NC(=O)/C=C/c2ccccc2)c1. The molecule has 4 nitrogen and oxygen atoms in total. The fourth-order valence-corrected chi connectivity index (χ4v) is 2.34. The zero-order valence-corrected chi connectivity index (χ0v) is 15.2. The average molecular weight is 338 g/mol. The van der Waals surface area contributed by atoms with Gasteiger partial charge >= 0.3 is 0 Å². The zero-order chi connectivity index (χ0) is 18.1. The summed E-state index contributed by atoms with van der Waals surface area (Å²) in [6, 6.07) is 15.6. The molecule has 0 aromatic heterocycles. The molecule has 0 aliphatic rings. The van der Waals surface area contributed by atoms with E-state index < -0.39 is 0 Å². The quantitative estimate of drug-likeness (QED) is 0.585. The molecule has 0 radical (unpaired) electrons. The number of aryl methyl sites for hydroxylation is 1. The number of rotatable bonds is 8. The van der Waals surface area contributed by atoms with Crippen molar-refractivity contribution in [3.8, 4) is 5.75 Å². The number of nitrogens with zero attached hydrogens (tertiary/aromatic N) is 1. The van der Waals surface area contributed by atoms with Gasteiger partial charge < -0.3 is 15.0 Å². The number of hydrogen-bond donors (Lipinski definition) is 1. The minimum absolute atomic E-state index is 0.174. The molecule has 2 rings (SSSR count). The Morgan fingerprint density at radius 1 is 1.16 bits per heavy atom. The van der Waals surface area contributed by atoms with Crippen molar-refractivity contribution in [2.24, 2.45) is 0 Å². The topological polar surface area (TPSA) is 41.6 Å². The van der Waals surface area contributed by atoms with Crippen molar-refractivity contribution in [1.29, 1.82) is 0 Å². The predicted octanol–water partition coefficient (Wildman–Crippen LogP) is 3.98. The first-order chi connectivity index (χ1) is 12.0. The van der Waals surface area contributed by atoms with Gasteiger partial charge in [-0.25, -0.2) is 0 Å². The number of benzene rings is 2. The van der Waals surface area contributed by atoms with Gasteiger partial charge in [-0.05, 0) is 56.8 Å². The summed E-state index contributed by atoms with van der Waals surface area (Å²) in [5.41, 5.74) is 2.76. The summed E-state index contributed by atoms with van der Waals surface area (Å²) in [7, 11) is 4.08. The van der Waals surface area contributed by atoms with Crippen molar-refractivity contribution < 1.29 is 9.53 Å². The Labute approximate surface area is 150 Å². The van der Waals surface area contributed by atoms with Gasteiger partial charge in [-0.1, -0.05) is 36.4 Å². The van der Waals surface area contributed by atoms with E-state index in [0.29, 0.717) is 18.0 Å². The molecule has 0 unspecified atom stereocenters. The first-order valence-electron chi connectivity index (χ1n) is 8.47. The van der Waals surface area contributed by atoms with Gasteiger partial charge in [0.25, 0.3) is 0 Å². The van der Waals surface area contributed by atoms with Crippen molar-refractivity contribution in [1.82, 2.24) is 4.90 Å². The molecule has 0 saturated carbocycles. The van der Waals surface area contributed by atoms with Gasteiger partial charge in [0, 0.05) is 12.6 Å². The molecule has 0 heterocycles. The molecule has 132 valence electrons. The largest absolute Gasteiger partial charge is 0.491 e. The van der Waals surface area contributed by atoms with Crippen LogP contribution in [-0.4, -0.2) is 38.1 Å². The van der Waals surface area contributed by atoms with Crippen LogP contribution in [0.5, 0.6) is 5.75 Å². The second-order valence-corrected chi connectivity index (χ2v) is 6.24. The Kier molecular flexibility index (Phi) is 7.23. The smallest absolute Gasteiger partial charge is 0.248 e. The second-order valence-electron chi connectivity index (χ2n) is 6.24. The monoisotopic (exact) mass is 338 g/mol. The van der Waals surface area contributed by atoms with Crippen LogP contribution < -0.4 is 10.1 Å². The van der Waals surface area contributed by atoms with Crippen molar-refractivity contribution in [2.75, 3.05) is 32.6 Å². The van der Waals surface area contributed by atoms with Crippen LogP contribution in [0.25, 0.3) is 6.08 Å². The van der Waals surface area contributed by atoms with E-state index in [1.807, 2.05) is 69.6 Å². The fraction of sp³-hybridized carbons (Fsp3) is 0.286. The highest BCUT2D eigenvalue weighted by Gasteiger charge is 2.07. The van der Waals surface area contributed by atoms with Gasteiger partial charge in [0.05, 0.1) is 12.3 Å². The lowest BCUT2D eigenvalue weighted by Crippen LogP contribution is -2.16. The van der Waals surface area contributed by atoms with Crippen molar-refractivity contribution in [3.05, 3.63) is 65.7 Å². The normalized spacial score (nSPS) is 11.0. The summed E-state index contributed by atoms with van der Waals surface area (Å²) in [5.74, 6) is 0.526. The molecule has 0 aliphatic carbocycles. The van der Waals surface area contributed by atoms with Gasteiger partial charge in [-0.2, -0.15) is 0 Å². The molecule has 1 amide bonds. The van der Waals surface area contributed by atoms with Gasteiger partial charge in [0.1, 0.15) is 5.75 Å². The lowest BCUT2D eigenvalue weighted by molar-refractivity contribution is -0.111. The molecule has 25 heavy (non-hydrogen) atoms. The lowest BCUT2D eigenvalue weighted by Gasteiger charge is -2.14. The summed E-state index contributed by atoms with van der Waals surface area (Å²) < 4.78 is 5.84. The van der Waals surface area contributed by atoms with Crippen molar-refractivity contribution >= 4 is 17.7 Å². The number of ether oxygens (including phenoxy) is 1. The van der Waals surface area contributed by atoms with E-state index in [-0.39, 0.29) is 5.91 Å². The molecular formula is C21H26N2O2. The third kappa shape index (κ3) is 6.81. The summed E-state index contributed by atoms with van der Waals surface area (Å²) in [5, 5.41) is 2.91. The van der Waals surface area contributed by atoms with Gasteiger partial charge in [-0.3, -0.25) is 4.79 Å². The molecule has 0 bridgehead atoms. The maximum absolute atomic E-state index is 12.2. The molecule has 4 heteroatoms. The first kappa shape index (κ1) is 18.7. The number of amides is 1. The lowest BCUT2D eigenvalue weighted by atomic mass is 10.2. The van der Waals surface area contributed by atoms with Crippen LogP contribution in [0.4, 0.5) is 5.69 Å². The standard InChI is InChI=1S/C21H26N2O2/c1-17-10-12-20(25-15-7-14-23(2)3)19(16-17)22-21(24)13-11-18-8-5-4-6-9-18/h4-6,8-13,16H,7,14-15H2,1-3H3,(H,22,24)/b13-11+. The molecule has 2 aromatic rings. The van der Waals surface area contributed by atoms with Crippen molar-refractivity contribution in [3.63, 3.8) is 0 Å². The summed E-state index contributed by atoms with van der Waals surface area (Å²) in [6.07, 6.45) is 4.26. The second kappa shape index (κ2) is 9.64. The molecule has 0 fully saturated rings. The Morgan fingerprint density at radius 2 is 1.92 bits per heavy atom. The van der Waals surface area contributed by atoms with E-state index in [1.54, 1.807) is 6.08 Å².